The van der Waals surface area contributed by atoms with Gasteiger partial charge >= 0.3 is 0 Å². The fraction of sp³-hybridized carbons (Fsp3) is 0.379. The number of sulfonamides is 1. The zero-order valence-corrected chi connectivity index (χ0v) is 22.2. The average Bonchev–Trinajstić information content (AvgIpc) is 2.87. The lowest BCUT2D eigenvalue weighted by molar-refractivity contribution is 0.203. The second kappa shape index (κ2) is 11.7. The molecule has 1 atom stereocenters. The average molecular weight is 511 g/mol. The first-order valence-electron chi connectivity index (χ1n) is 12.4. The third kappa shape index (κ3) is 6.53. The van der Waals surface area contributed by atoms with Gasteiger partial charge in [0.1, 0.15) is 0 Å². The zero-order chi connectivity index (χ0) is 24.8. The second-order valence-corrected chi connectivity index (χ2v) is 12.1. The van der Waals surface area contributed by atoms with Crippen LogP contribution >= 0.6 is 11.6 Å². The molecule has 0 saturated carbocycles. The van der Waals surface area contributed by atoms with Crippen molar-refractivity contribution in [1.82, 2.24) is 9.21 Å². The summed E-state index contributed by atoms with van der Waals surface area (Å²) < 4.78 is 27.8. The van der Waals surface area contributed by atoms with Crippen molar-refractivity contribution in [3.63, 3.8) is 0 Å². The summed E-state index contributed by atoms with van der Waals surface area (Å²) in [6.07, 6.45) is 3.20. The van der Waals surface area contributed by atoms with Crippen LogP contribution < -0.4 is 0 Å². The van der Waals surface area contributed by atoms with E-state index in [1.54, 1.807) is 31.3 Å². The number of nitrogens with zero attached hydrogens (tertiary/aromatic N) is 2. The molecule has 4 nitrogen and oxygen atoms in total. The van der Waals surface area contributed by atoms with Gasteiger partial charge < -0.3 is 4.90 Å². The highest BCUT2D eigenvalue weighted by Gasteiger charge is 2.26. The van der Waals surface area contributed by atoms with Crippen molar-refractivity contribution in [2.45, 2.75) is 42.9 Å². The number of rotatable bonds is 9. The van der Waals surface area contributed by atoms with Crippen LogP contribution in [0.25, 0.3) is 0 Å². The topological polar surface area (TPSA) is 40.6 Å². The molecule has 0 N–H and O–H groups in total. The van der Waals surface area contributed by atoms with Gasteiger partial charge in [-0.15, -0.1) is 0 Å². The Kier molecular flexibility index (Phi) is 8.66. The molecule has 1 aliphatic heterocycles. The Balaban J connectivity index is 1.42. The molecule has 1 fully saturated rings. The van der Waals surface area contributed by atoms with E-state index in [1.807, 2.05) is 24.3 Å². The van der Waals surface area contributed by atoms with Crippen molar-refractivity contribution in [1.29, 1.82) is 0 Å². The van der Waals surface area contributed by atoms with Gasteiger partial charge in [0.05, 0.1) is 4.90 Å². The summed E-state index contributed by atoms with van der Waals surface area (Å²) >= 11 is 6.30. The van der Waals surface area contributed by atoms with Crippen LogP contribution in [0.3, 0.4) is 0 Å². The highest BCUT2D eigenvalue weighted by Crippen LogP contribution is 2.31. The Morgan fingerprint density at radius 3 is 2.34 bits per heavy atom. The number of aryl methyl sites for hydroxylation is 1. The lowest BCUT2D eigenvalue weighted by Crippen LogP contribution is -2.36. The fourth-order valence-corrected chi connectivity index (χ4v) is 6.59. The molecule has 0 radical (unpaired) electrons. The Bertz CT molecular complexity index is 1210. The largest absolute Gasteiger partial charge is 0.303 e. The van der Waals surface area contributed by atoms with Crippen molar-refractivity contribution >= 4 is 21.6 Å². The molecule has 0 aromatic heterocycles. The second-order valence-electron chi connectivity index (χ2n) is 9.61. The molecule has 0 spiro atoms. The van der Waals surface area contributed by atoms with Crippen LogP contribution in [0.2, 0.25) is 5.02 Å². The molecule has 1 heterocycles. The standard InChI is InChI=1S/C29H35ClN2O2S/c1-23-9-6-7-14-29(23)24-15-18-32(19-16-24)20-17-26(25-10-8-11-27(30)21-25)22-31(2)35(33,34)28-12-4-3-5-13-28/h3-14,21,24,26H,15-20,22H2,1-2H3/t26-/m1/s1. The highest BCUT2D eigenvalue weighted by molar-refractivity contribution is 7.89. The SMILES string of the molecule is Cc1ccccc1C1CCN(CC[C@H](CN(C)S(=O)(=O)c2ccccc2)c2cccc(Cl)c2)CC1. The van der Waals surface area contributed by atoms with E-state index in [0.717, 1.165) is 44.5 Å². The molecule has 0 bridgehead atoms. The maximum atomic E-state index is 13.2. The van der Waals surface area contributed by atoms with Gasteiger partial charge in [-0.25, -0.2) is 12.7 Å². The Labute approximate surface area is 215 Å². The molecule has 0 aliphatic carbocycles. The van der Waals surface area contributed by atoms with Gasteiger partial charge in [-0.1, -0.05) is 66.2 Å². The Hall–Kier alpha value is -2.18. The van der Waals surface area contributed by atoms with Crippen LogP contribution in [0.1, 0.15) is 47.8 Å². The van der Waals surface area contributed by atoms with Gasteiger partial charge in [-0.3, -0.25) is 0 Å². The monoisotopic (exact) mass is 510 g/mol. The minimum absolute atomic E-state index is 0.0614. The van der Waals surface area contributed by atoms with E-state index in [2.05, 4.69) is 42.2 Å². The number of likely N-dealkylation sites (N-methyl/N-ethyl adjacent to an activating group) is 1. The van der Waals surface area contributed by atoms with Crippen LogP contribution in [0.4, 0.5) is 0 Å². The number of likely N-dealkylation sites (tertiary alicyclic amines) is 1. The minimum Gasteiger partial charge on any atom is -0.303 e. The number of hydrogen-bond acceptors (Lipinski definition) is 3. The van der Waals surface area contributed by atoms with E-state index in [0.29, 0.717) is 22.4 Å². The highest BCUT2D eigenvalue weighted by atomic mass is 35.5. The van der Waals surface area contributed by atoms with E-state index in [1.165, 1.54) is 15.4 Å². The van der Waals surface area contributed by atoms with Crippen LogP contribution in [0.15, 0.2) is 83.8 Å². The number of halogens is 1. The third-order valence-corrected chi connectivity index (χ3v) is 9.33. The van der Waals surface area contributed by atoms with Crippen LogP contribution in [0.5, 0.6) is 0 Å². The van der Waals surface area contributed by atoms with E-state index in [4.69, 9.17) is 11.6 Å². The molecule has 0 amide bonds. The van der Waals surface area contributed by atoms with Gasteiger partial charge in [0, 0.05) is 18.6 Å². The predicted molar refractivity (Wildman–Crippen MR) is 145 cm³/mol. The van der Waals surface area contributed by atoms with Gasteiger partial charge in [-0.05, 0) is 98.6 Å². The summed E-state index contributed by atoms with van der Waals surface area (Å²) in [6, 6.07) is 25.2. The fourth-order valence-electron chi connectivity index (χ4n) is 5.16. The molecule has 3 aromatic carbocycles. The molecule has 1 saturated heterocycles. The normalized spacial score (nSPS) is 16.5. The predicted octanol–water partition coefficient (Wildman–Crippen LogP) is 6.32. The van der Waals surface area contributed by atoms with E-state index in [-0.39, 0.29) is 5.92 Å². The maximum absolute atomic E-state index is 13.2. The first-order valence-corrected chi connectivity index (χ1v) is 14.2. The number of hydrogen-bond donors (Lipinski definition) is 0. The summed E-state index contributed by atoms with van der Waals surface area (Å²) in [5.74, 6) is 0.685. The Morgan fingerprint density at radius 1 is 0.971 bits per heavy atom. The number of benzene rings is 3. The lowest BCUT2D eigenvalue weighted by atomic mass is 9.86. The van der Waals surface area contributed by atoms with Crippen LogP contribution in [0, 0.1) is 6.92 Å². The summed E-state index contributed by atoms with van der Waals surface area (Å²) in [7, 11) is -1.88. The summed E-state index contributed by atoms with van der Waals surface area (Å²) in [4.78, 5) is 2.85. The molecular formula is C29H35ClN2O2S. The molecule has 186 valence electrons. The van der Waals surface area contributed by atoms with Crippen LogP contribution in [-0.4, -0.2) is 50.8 Å². The van der Waals surface area contributed by atoms with Crippen molar-refractivity contribution in [3.05, 3.63) is 101 Å². The first-order chi connectivity index (χ1) is 16.8. The van der Waals surface area contributed by atoms with Crippen molar-refractivity contribution in [3.8, 4) is 0 Å². The molecular weight excluding hydrogens is 476 g/mol. The summed E-state index contributed by atoms with van der Waals surface area (Å²) in [6.45, 7) is 5.70. The molecule has 6 heteroatoms. The first kappa shape index (κ1) is 25.9. The summed E-state index contributed by atoms with van der Waals surface area (Å²) in [5, 5.41) is 0.681. The van der Waals surface area contributed by atoms with Gasteiger partial charge in [0.25, 0.3) is 0 Å². The van der Waals surface area contributed by atoms with Gasteiger partial charge in [0.2, 0.25) is 10.0 Å². The summed E-state index contributed by atoms with van der Waals surface area (Å²) in [5.41, 5.74) is 3.95. The number of piperidine rings is 1. The van der Waals surface area contributed by atoms with E-state index >= 15 is 0 Å². The van der Waals surface area contributed by atoms with E-state index in [9.17, 15) is 8.42 Å². The third-order valence-electron chi connectivity index (χ3n) is 7.26. The molecule has 0 unspecified atom stereocenters. The molecule has 4 rings (SSSR count). The van der Waals surface area contributed by atoms with Crippen molar-refractivity contribution < 1.29 is 8.42 Å². The minimum atomic E-state index is -3.55. The van der Waals surface area contributed by atoms with Gasteiger partial charge in [0.15, 0.2) is 0 Å². The van der Waals surface area contributed by atoms with Crippen molar-refractivity contribution in [2.75, 3.05) is 33.2 Å². The molecule has 3 aromatic rings. The van der Waals surface area contributed by atoms with E-state index < -0.39 is 10.0 Å². The Morgan fingerprint density at radius 2 is 1.66 bits per heavy atom. The quantitative estimate of drug-likeness (QED) is 0.338. The zero-order valence-electron chi connectivity index (χ0n) is 20.6. The van der Waals surface area contributed by atoms with Crippen molar-refractivity contribution in [2.24, 2.45) is 0 Å². The van der Waals surface area contributed by atoms with Gasteiger partial charge in [-0.2, -0.15) is 0 Å². The maximum Gasteiger partial charge on any atom is 0.242 e. The lowest BCUT2D eigenvalue weighted by Gasteiger charge is -2.34. The molecule has 1 aliphatic rings. The van der Waals surface area contributed by atoms with Crippen LogP contribution in [-0.2, 0) is 10.0 Å². The smallest absolute Gasteiger partial charge is 0.242 e. The molecule has 35 heavy (non-hydrogen) atoms.